The molecule has 0 spiro atoms. The Morgan fingerprint density at radius 2 is 2.00 bits per heavy atom. The Labute approximate surface area is 159 Å². The molecule has 26 heavy (non-hydrogen) atoms. The van der Waals surface area contributed by atoms with Gasteiger partial charge in [0.1, 0.15) is 11.5 Å². The summed E-state index contributed by atoms with van der Waals surface area (Å²) in [7, 11) is 3.30. The number of hydrogen-bond acceptors (Lipinski definition) is 5. The van der Waals surface area contributed by atoms with E-state index in [2.05, 4.69) is 30.8 Å². The summed E-state index contributed by atoms with van der Waals surface area (Å²) in [6, 6.07) is 5.79. The zero-order valence-corrected chi connectivity index (χ0v) is 16.8. The lowest BCUT2D eigenvalue weighted by molar-refractivity contribution is 0.395. The third kappa shape index (κ3) is 4.64. The summed E-state index contributed by atoms with van der Waals surface area (Å²) in [6.45, 7) is 8.65. The first-order valence-electron chi connectivity index (χ1n) is 8.77. The van der Waals surface area contributed by atoms with Gasteiger partial charge in [0.15, 0.2) is 0 Å². The molecule has 6 heteroatoms. The van der Waals surface area contributed by atoms with Crippen LogP contribution in [-0.4, -0.2) is 31.7 Å². The molecule has 0 aliphatic carbocycles. The number of hydrogen-bond donors (Lipinski definition) is 0. The standard InChI is InChI=1S/C20H27N3O2S/c1-6-11-21-20-23(22-13-15(7-2)8-3)18(14-26-20)17-10-9-16(24-4)12-19(17)25-5/h6,9-10,12-15H,1,7-8,11H2,2-5H3/b21-20?,22-13-. The lowest BCUT2D eigenvalue weighted by atomic mass is 10.1. The smallest absolute Gasteiger partial charge is 0.206 e. The van der Waals surface area contributed by atoms with Gasteiger partial charge in [0, 0.05) is 23.2 Å². The summed E-state index contributed by atoms with van der Waals surface area (Å²) in [5, 5.41) is 6.79. The van der Waals surface area contributed by atoms with Crippen molar-refractivity contribution in [3.05, 3.63) is 41.0 Å². The molecule has 1 aromatic heterocycles. The quantitative estimate of drug-likeness (QED) is 0.477. The Morgan fingerprint density at radius 1 is 1.23 bits per heavy atom. The number of benzene rings is 1. The zero-order chi connectivity index (χ0) is 18.9. The van der Waals surface area contributed by atoms with Crippen molar-refractivity contribution >= 4 is 17.6 Å². The molecule has 0 atom stereocenters. The van der Waals surface area contributed by atoms with Crippen molar-refractivity contribution in [2.75, 3.05) is 20.8 Å². The maximum atomic E-state index is 5.57. The number of thiazole rings is 1. The van der Waals surface area contributed by atoms with Gasteiger partial charge in [-0.25, -0.2) is 4.68 Å². The van der Waals surface area contributed by atoms with Crippen molar-refractivity contribution in [2.45, 2.75) is 26.7 Å². The van der Waals surface area contributed by atoms with E-state index in [1.807, 2.05) is 29.1 Å². The Hall–Kier alpha value is -2.34. The van der Waals surface area contributed by atoms with Gasteiger partial charge in [-0.15, -0.1) is 17.9 Å². The molecule has 5 nitrogen and oxygen atoms in total. The average Bonchev–Trinajstić information content (AvgIpc) is 3.09. The molecular formula is C20H27N3O2S. The van der Waals surface area contributed by atoms with Gasteiger partial charge < -0.3 is 9.47 Å². The molecule has 1 heterocycles. The molecule has 0 saturated carbocycles. The van der Waals surface area contributed by atoms with Crippen LogP contribution >= 0.6 is 11.3 Å². The highest BCUT2D eigenvalue weighted by Gasteiger charge is 2.14. The Bertz CT molecular complexity index is 817. The van der Waals surface area contributed by atoms with Crippen LogP contribution in [0.1, 0.15) is 26.7 Å². The average molecular weight is 374 g/mol. The van der Waals surface area contributed by atoms with Gasteiger partial charge >= 0.3 is 0 Å². The van der Waals surface area contributed by atoms with Crippen LogP contribution in [0.4, 0.5) is 0 Å². The number of methoxy groups -OCH3 is 2. The lowest BCUT2D eigenvalue weighted by Crippen LogP contribution is -2.14. The van der Waals surface area contributed by atoms with Crippen LogP contribution in [0, 0.1) is 5.92 Å². The van der Waals surface area contributed by atoms with Crippen LogP contribution in [0.3, 0.4) is 0 Å². The normalized spacial score (nSPS) is 12.1. The second-order valence-corrected chi connectivity index (χ2v) is 6.59. The van der Waals surface area contributed by atoms with Crippen LogP contribution in [0.15, 0.2) is 46.3 Å². The monoisotopic (exact) mass is 373 g/mol. The summed E-state index contributed by atoms with van der Waals surface area (Å²) in [4.78, 5) is 5.41. The van der Waals surface area contributed by atoms with E-state index in [0.29, 0.717) is 12.5 Å². The molecule has 0 radical (unpaired) electrons. The lowest BCUT2D eigenvalue weighted by Gasteiger charge is -2.11. The van der Waals surface area contributed by atoms with E-state index in [0.717, 1.165) is 40.4 Å². The van der Waals surface area contributed by atoms with Gasteiger partial charge in [-0.3, -0.25) is 4.99 Å². The van der Waals surface area contributed by atoms with E-state index >= 15 is 0 Å². The maximum Gasteiger partial charge on any atom is 0.206 e. The summed E-state index contributed by atoms with van der Waals surface area (Å²) in [5.41, 5.74) is 1.89. The first-order valence-corrected chi connectivity index (χ1v) is 9.65. The van der Waals surface area contributed by atoms with Crippen LogP contribution in [0.5, 0.6) is 11.5 Å². The molecule has 0 amide bonds. The molecule has 1 aromatic carbocycles. The molecule has 2 rings (SSSR count). The number of rotatable bonds is 9. The minimum Gasteiger partial charge on any atom is -0.497 e. The van der Waals surface area contributed by atoms with Crippen molar-refractivity contribution in [2.24, 2.45) is 16.0 Å². The van der Waals surface area contributed by atoms with Crippen molar-refractivity contribution in [1.82, 2.24) is 4.68 Å². The van der Waals surface area contributed by atoms with Crippen molar-refractivity contribution in [1.29, 1.82) is 0 Å². The molecule has 140 valence electrons. The van der Waals surface area contributed by atoms with E-state index in [1.54, 1.807) is 31.6 Å². The fraction of sp³-hybridized carbons (Fsp3) is 0.400. The molecule has 0 unspecified atom stereocenters. The van der Waals surface area contributed by atoms with E-state index in [4.69, 9.17) is 14.6 Å². The molecule has 0 aliphatic heterocycles. The predicted octanol–water partition coefficient (Wildman–Crippen LogP) is 4.59. The van der Waals surface area contributed by atoms with Crippen LogP contribution in [0.2, 0.25) is 0 Å². The second kappa shape index (κ2) is 9.97. The number of aromatic nitrogens is 1. The topological polar surface area (TPSA) is 48.1 Å². The van der Waals surface area contributed by atoms with Gasteiger partial charge in [0.05, 0.1) is 26.5 Å². The molecule has 0 bridgehead atoms. The van der Waals surface area contributed by atoms with Gasteiger partial charge in [-0.2, -0.15) is 5.10 Å². The zero-order valence-electron chi connectivity index (χ0n) is 15.9. The van der Waals surface area contributed by atoms with Crippen LogP contribution in [0.25, 0.3) is 11.3 Å². The SMILES string of the molecule is C=CCN=c1scc(-c2ccc(OC)cc2OC)n1/N=C\C(CC)CC. The summed E-state index contributed by atoms with van der Waals surface area (Å²) in [5.74, 6) is 1.94. The molecule has 0 fully saturated rings. The van der Waals surface area contributed by atoms with Gasteiger partial charge in [0.25, 0.3) is 0 Å². The first-order chi connectivity index (χ1) is 12.7. The highest BCUT2D eigenvalue weighted by Crippen LogP contribution is 2.33. The molecular weight excluding hydrogens is 346 g/mol. The summed E-state index contributed by atoms with van der Waals surface area (Å²) < 4.78 is 12.8. The molecule has 0 aliphatic rings. The van der Waals surface area contributed by atoms with E-state index in [9.17, 15) is 0 Å². The Balaban J connectivity index is 2.59. The molecule has 2 aromatic rings. The summed E-state index contributed by atoms with van der Waals surface area (Å²) in [6.07, 6.45) is 5.91. The number of nitrogens with zero attached hydrogens (tertiary/aromatic N) is 3. The minimum atomic E-state index is 0.445. The fourth-order valence-electron chi connectivity index (χ4n) is 2.52. The third-order valence-electron chi connectivity index (χ3n) is 4.17. The van der Waals surface area contributed by atoms with Gasteiger partial charge in [0.2, 0.25) is 4.80 Å². The van der Waals surface area contributed by atoms with Crippen molar-refractivity contribution in [3.63, 3.8) is 0 Å². The Kier molecular flexibility index (Phi) is 7.66. The maximum absolute atomic E-state index is 5.57. The molecule has 0 N–H and O–H groups in total. The van der Waals surface area contributed by atoms with Crippen LogP contribution < -0.4 is 14.3 Å². The van der Waals surface area contributed by atoms with Crippen molar-refractivity contribution < 1.29 is 9.47 Å². The largest absolute Gasteiger partial charge is 0.497 e. The van der Waals surface area contributed by atoms with Gasteiger partial charge in [-0.1, -0.05) is 19.9 Å². The fourth-order valence-corrected chi connectivity index (χ4v) is 3.36. The summed E-state index contributed by atoms with van der Waals surface area (Å²) >= 11 is 1.55. The van der Waals surface area contributed by atoms with E-state index in [-0.39, 0.29) is 0 Å². The van der Waals surface area contributed by atoms with E-state index in [1.165, 1.54) is 0 Å². The highest BCUT2D eigenvalue weighted by atomic mass is 32.1. The predicted molar refractivity (Wildman–Crippen MR) is 109 cm³/mol. The highest BCUT2D eigenvalue weighted by molar-refractivity contribution is 7.07. The van der Waals surface area contributed by atoms with E-state index < -0.39 is 0 Å². The molecule has 0 saturated heterocycles. The van der Waals surface area contributed by atoms with Gasteiger partial charge in [-0.05, 0) is 30.9 Å². The minimum absolute atomic E-state index is 0.445. The van der Waals surface area contributed by atoms with Crippen LogP contribution in [-0.2, 0) is 0 Å². The third-order valence-corrected chi connectivity index (χ3v) is 5.02. The number of ether oxygens (including phenoxy) is 2. The first kappa shape index (κ1) is 20.0. The second-order valence-electron chi connectivity index (χ2n) is 5.75. The van der Waals surface area contributed by atoms with Crippen molar-refractivity contribution in [3.8, 4) is 22.8 Å². The Morgan fingerprint density at radius 3 is 2.62 bits per heavy atom.